The highest BCUT2D eigenvalue weighted by molar-refractivity contribution is 5.60. The van der Waals surface area contributed by atoms with Crippen molar-refractivity contribution in [3.63, 3.8) is 0 Å². The van der Waals surface area contributed by atoms with Gasteiger partial charge in [-0.25, -0.2) is 4.98 Å². The third-order valence-corrected chi connectivity index (χ3v) is 5.62. The zero-order valence-corrected chi connectivity index (χ0v) is 15.6. The van der Waals surface area contributed by atoms with Crippen LogP contribution in [0.5, 0.6) is 5.75 Å². The summed E-state index contributed by atoms with van der Waals surface area (Å²) in [5.74, 6) is 1.86. The molecule has 0 aliphatic carbocycles. The summed E-state index contributed by atoms with van der Waals surface area (Å²) in [6.07, 6.45) is 4.36. The number of H-pyrrole nitrogens is 1. The molecule has 2 saturated heterocycles. The lowest BCUT2D eigenvalue weighted by Crippen LogP contribution is -2.50. The van der Waals surface area contributed by atoms with Gasteiger partial charge in [0.05, 0.1) is 38.3 Å². The monoisotopic (exact) mass is 356 g/mol. The van der Waals surface area contributed by atoms with Crippen LogP contribution in [0.4, 0.5) is 0 Å². The number of benzene rings is 1. The van der Waals surface area contributed by atoms with Crippen LogP contribution in [-0.4, -0.2) is 72.8 Å². The van der Waals surface area contributed by atoms with E-state index in [1.807, 2.05) is 24.4 Å². The van der Waals surface area contributed by atoms with Crippen LogP contribution in [0.1, 0.15) is 24.7 Å². The molecule has 1 aromatic heterocycles. The molecule has 0 spiro atoms. The zero-order valence-electron chi connectivity index (χ0n) is 15.6. The molecule has 26 heavy (non-hydrogen) atoms. The fourth-order valence-corrected chi connectivity index (χ4v) is 4.06. The van der Waals surface area contributed by atoms with E-state index in [4.69, 9.17) is 14.5 Å². The molecule has 3 heterocycles. The molecule has 1 aromatic carbocycles. The Hall–Kier alpha value is -1.89. The summed E-state index contributed by atoms with van der Waals surface area (Å²) in [6, 6.07) is 8.89. The quantitative estimate of drug-likeness (QED) is 0.912. The van der Waals surface area contributed by atoms with E-state index in [1.165, 1.54) is 25.9 Å². The van der Waals surface area contributed by atoms with E-state index >= 15 is 0 Å². The Kier molecular flexibility index (Phi) is 5.24. The van der Waals surface area contributed by atoms with Crippen LogP contribution in [0, 0.1) is 0 Å². The van der Waals surface area contributed by atoms with Crippen LogP contribution in [0.3, 0.4) is 0 Å². The Labute approximate surface area is 155 Å². The first-order valence-corrected chi connectivity index (χ1v) is 9.46. The SMILES string of the molecule is COc1cccc(-c2cnc([C@@H]3COCCN3C3CCN(C)CC3)[nH]2)c1. The first-order valence-electron chi connectivity index (χ1n) is 9.46. The molecule has 0 saturated carbocycles. The molecule has 2 fully saturated rings. The van der Waals surface area contributed by atoms with Crippen LogP contribution in [-0.2, 0) is 4.74 Å². The predicted molar refractivity (Wildman–Crippen MR) is 101 cm³/mol. The second-order valence-electron chi connectivity index (χ2n) is 7.28. The van der Waals surface area contributed by atoms with Gasteiger partial charge in [-0.2, -0.15) is 0 Å². The van der Waals surface area contributed by atoms with E-state index in [9.17, 15) is 0 Å². The maximum absolute atomic E-state index is 5.80. The molecule has 0 amide bonds. The predicted octanol–water partition coefficient (Wildman–Crippen LogP) is 2.55. The number of likely N-dealkylation sites (tertiary alicyclic amines) is 1. The molecule has 6 nitrogen and oxygen atoms in total. The third kappa shape index (κ3) is 3.63. The van der Waals surface area contributed by atoms with E-state index in [-0.39, 0.29) is 6.04 Å². The van der Waals surface area contributed by atoms with Gasteiger partial charge in [-0.3, -0.25) is 4.90 Å². The number of imidazole rings is 1. The normalized spacial score (nSPS) is 23.2. The summed E-state index contributed by atoms with van der Waals surface area (Å²) >= 11 is 0. The molecule has 140 valence electrons. The van der Waals surface area contributed by atoms with Gasteiger partial charge in [0.1, 0.15) is 11.6 Å². The highest BCUT2D eigenvalue weighted by Gasteiger charge is 2.33. The van der Waals surface area contributed by atoms with Crippen molar-refractivity contribution < 1.29 is 9.47 Å². The summed E-state index contributed by atoms with van der Waals surface area (Å²) in [7, 11) is 3.90. The smallest absolute Gasteiger partial charge is 0.126 e. The number of rotatable bonds is 4. The van der Waals surface area contributed by atoms with Crippen molar-refractivity contribution in [2.75, 3.05) is 47.0 Å². The molecule has 4 rings (SSSR count). The third-order valence-electron chi connectivity index (χ3n) is 5.62. The highest BCUT2D eigenvalue weighted by atomic mass is 16.5. The molecular weight excluding hydrogens is 328 g/mol. The van der Waals surface area contributed by atoms with Crippen LogP contribution >= 0.6 is 0 Å². The maximum atomic E-state index is 5.80. The van der Waals surface area contributed by atoms with Gasteiger partial charge in [0, 0.05) is 18.2 Å². The number of hydrogen-bond donors (Lipinski definition) is 1. The van der Waals surface area contributed by atoms with Crippen LogP contribution in [0.2, 0.25) is 0 Å². The Bertz CT molecular complexity index is 724. The summed E-state index contributed by atoms with van der Waals surface area (Å²) in [4.78, 5) is 13.3. The largest absolute Gasteiger partial charge is 0.497 e. The Morgan fingerprint density at radius 2 is 2.08 bits per heavy atom. The molecule has 1 atom stereocenters. The van der Waals surface area contributed by atoms with E-state index < -0.39 is 0 Å². The molecule has 2 aliphatic heterocycles. The van der Waals surface area contributed by atoms with Crippen molar-refractivity contribution in [1.82, 2.24) is 19.8 Å². The number of morpholine rings is 1. The Morgan fingerprint density at radius 3 is 2.88 bits per heavy atom. The lowest BCUT2D eigenvalue weighted by Gasteiger charge is -2.43. The van der Waals surface area contributed by atoms with E-state index in [2.05, 4.69) is 27.9 Å². The minimum atomic E-state index is 0.205. The van der Waals surface area contributed by atoms with Gasteiger partial charge >= 0.3 is 0 Å². The standard InChI is InChI=1S/C20H28N4O2/c1-23-8-6-16(7-9-23)24-10-11-26-14-19(24)20-21-13-18(22-20)15-4-3-5-17(12-15)25-2/h3-5,12-13,16,19H,6-11,14H2,1-2H3,(H,21,22)/t19-/m0/s1. The van der Waals surface area contributed by atoms with Gasteiger partial charge in [0.15, 0.2) is 0 Å². The molecular formula is C20H28N4O2. The highest BCUT2D eigenvalue weighted by Crippen LogP contribution is 2.30. The average molecular weight is 356 g/mol. The van der Waals surface area contributed by atoms with Crippen molar-refractivity contribution in [2.24, 2.45) is 0 Å². The second-order valence-corrected chi connectivity index (χ2v) is 7.28. The number of piperidine rings is 1. The van der Waals surface area contributed by atoms with Gasteiger partial charge in [-0.05, 0) is 45.1 Å². The Balaban J connectivity index is 1.54. The fraction of sp³-hybridized carbons (Fsp3) is 0.550. The van der Waals surface area contributed by atoms with Crippen molar-refractivity contribution in [3.05, 3.63) is 36.3 Å². The molecule has 0 radical (unpaired) electrons. The maximum Gasteiger partial charge on any atom is 0.126 e. The topological polar surface area (TPSA) is 53.6 Å². The van der Waals surface area contributed by atoms with Crippen LogP contribution in [0.15, 0.2) is 30.5 Å². The first kappa shape index (κ1) is 17.5. The van der Waals surface area contributed by atoms with Crippen LogP contribution < -0.4 is 4.74 Å². The number of nitrogens with one attached hydrogen (secondary N) is 1. The lowest BCUT2D eigenvalue weighted by atomic mass is 10.0. The van der Waals surface area contributed by atoms with E-state index in [1.54, 1.807) is 7.11 Å². The fourth-order valence-electron chi connectivity index (χ4n) is 4.06. The van der Waals surface area contributed by atoms with Crippen molar-refractivity contribution in [3.8, 4) is 17.0 Å². The molecule has 2 aliphatic rings. The van der Waals surface area contributed by atoms with Crippen LogP contribution in [0.25, 0.3) is 11.3 Å². The molecule has 2 aromatic rings. The molecule has 1 N–H and O–H groups in total. The number of nitrogens with zero attached hydrogens (tertiary/aromatic N) is 3. The molecule has 0 bridgehead atoms. The number of methoxy groups -OCH3 is 1. The van der Waals surface area contributed by atoms with Gasteiger partial charge in [-0.1, -0.05) is 12.1 Å². The first-order chi connectivity index (χ1) is 12.7. The van der Waals surface area contributed by atoms with Gasteiger partial charge in [-0.15, -0.1) is 0 Å². The van der Waals surface area contributed by atoms with Crippen molar-refractivity contribution >= 4 is 0 Å². The lowest BCUT2D eigenvalue weighted by molar-refractivity contribution is -0.0441. The summed E-state index contributed by atoms with van der Waals surface area (Å²) in [6.45, 7) is 4.84. The summed E-state index contributed by atoms with van der Waals surface area (Å²) in [5.41, 5.74) is 2.11. The minimum Gasteiger partial charge on any atom is -0.497 e. The Morgan fingerprint density at radius 1 is 1.23 bits per heavy atom. The van der Waals surface area contributed by atoms with Crippen molar-refractivity contribution in [1.29, 1.82) is 0 Å². The molecule has 0 unspecified atom stereocenters. The number of aromatic nitrogens is 2. The zero-order chi connectivity index (χ0) is 17.9. The number of aromatic amines is 1. The minimum absolute atomic E-state index is 0.205. The number of hydrogen-bond acceptors (Lipinski definition) is 5. The summed E-state index contributed by atoms with van der Waals surface area (Å²) < 4.78 is 11.1. The van der Waals surface area contributed by atoms with Gasteiger partial charge in [0.25, 0.3) is 0 Å². The van der Waals surface area contributed by atoms with Crippen molar-refractivity contribution in [2.45, 2.75) is 24.9 Å². The number of ether oxygens (including phenoxy) is 2. The van der Waals surface area contributed by atoms with E-state index in [0.717, 1.165) is 36.0 Å². The average Bonchev–Trinajstić information content (AvgIpc) is 3.19. The molecule has 6 heteroatoms. The van der Waals surface area contributed by atoms with E-state index in [0.29, 0.717) is 12.6 Å². The van der Waals surface area contributed by atoms with Gasteiger partial charge in [0.2, 0.25) is 0 Å². The second kappa shape index (κ2) is 7.78. The van der Waals surface area contributed by atoms with Gasteiger partial charge < -0.3 is 19.4 Å². The summed E-state index contributed by atoms with van der Waals surface area (Å²) in [5, 5.41) is 0.